The van der Waals surface area contributed by atoms with Crippen molar-refractivity contribution in [1.29, 1.82) is 0 Å². The van der Waals surface area contributed by atoms with Gasteiger partial charge in [0.25, 0.3) is 11.8 Å². The molecule has 0 atom stereocenters. The highest BCUT2D eigenvalue weighted by Gasteiger charge is 2.52. The van der Waals surface area contributed by atoms with Crippen molar-refractivity contribution in [2.45, 2.75) is 57.4 Å². The molecule has 4 rings (SSSR count). The first-order valence-electron chi connectivity index (χ1n) is 12.4. The van der Waals surface area contributed by atoms with Gasteiger partial charge in [-0.25, -0.2) is 4.79 Å². The van der Waals surface area contributed by atoms with Crippen LogP contribution in [0.4, 0.5) is 4.79 Å². The number of carbonyl (C=O) groups excluding carboxylic acids is 4. The summed E-state index contributed by atoms with van der Waals surface area (Å²) < 4.78 is 0. The van der Waals surface area contributed by atoms with E-state index in [0.29, 0.717) is 51.4 Å². The maximum atomic E-state index is 12.9. The fourth-order valence-electron chi connectivity index (χ4n) is 5.08. The van der Waals surface area contributed by atoms with Crippen LogP contribution in [0.1, 0.15) is 51.0 Å². The van der Waals surface area contributed by atoms with Gasteiger partial charge in [0.1, 0.15) is 5.54 Å². The third kappa shape index (κ3) is 5.58. The number of rotatable bonds is 7. The average Bonchev–Trinajstić information content (AvgIpc) is 3.06. The second-order valence-electron chi connectivity index (χ2n) is 9.87. The van der Waals surface area contributed by atoms with E-state index in [1.807, 2.05) is 28.0 Å². The number of urea groups is 1. The molecule has 3 aliphatic rings. The van der Waals surface area contributed by atoms with Crippen LogP contribution < -0.4 is 10.7 Å². The van der Waals surface area contributed by atoms with Gasteiger partial charge in [0, 0.05) is 32.6 Å². The van der Waals surface area contributed by atoms with Gasteiger partial charge in [0.05, 0.1) is 6.54 Å². The number of imide groups is 1. The van der Waals surface area contributed by atoms with Crippen LogP contribution in [0.15, 0.2) is 30.3 Å². The van der Waals surface area contributed by atoms with Gasteiger partial charge in [-0.2, -0.15) is 5.01 Å². The molecule has 184 valence electrons. The molecule has 2 N–H and O–H groups in total. The molecule has 2 saturated heterocycles. The summed E-state index contributed by atoms with van der Waals surface area (Å²) >= 11 is 0. The summed E-state index contributed by atoms with van der Waals surface area (Å²) in [6.07, 6.45) is 5.18. The van der Waals surface area contributed by atoms with Crippen molar-refractivity contribution in [2.24, 2.45) is 5.92 Å². The summed E-state index contributed by atoms with van der Waals surface area (Å²) in [6.45, 7) is 4.53. The van der Waals surface area contributed by atoms with E-state index in [2.05, 4.69) is 29.8 Å². The molecule has 5 amide bonds. The number of hydrogen-bond acceptors (Lipinski definition) is 5. The Morgan fingerprint density at radius 1 is 1.06 bits per heavy atom. The van der Waals surface area contributed by atoms with Crippen LogP contribution in [0.5, 0.6) is 0 Å². The largest absolute Gasteiger partial charge is 0.344 e. The van der Waals surface area contributed by atoms with Crippen LogP contribution in [0.25, 0.3) is 0 Å². The van der Waals surface area contributed by atoms with Crippen LogP contribution in [0, 0.1) is 5.92 Å². The molecule has 34 heavy (non-hydrogen) atoms. The minimum Gasteiger partial charge on any atom is -0.340 e. The maximum absolute atomic E-state index is 12.9. The summed E-state index contributed by atoms with van der Waals surface area (Å²) in [5.74, 6) is -0.0733. The summed E-state index contributed by atoms with van der Waals surface area (Å²) in [4.78, 5) is 54.2. The molecule has 1 saturated carbocycles. The maximum Gasteiger partial charge on any atom is 0.344 e. The molecular formula is C25H35N5O4. The lowest BCUT2D eigenvalue weighted by Crippen LogP contribution is -2.55. The van der Waals surface area contributed by atoms with Gasteiger partial charge in [0.2, 0.25) is 5.91 Å². The molecule has 9 nitrogen and oxygen atoms in total. The number of aryl methyl sites for hydroxylation is 1. The highest BCUT2D eigenvalue weighted by molar-refractivity contribution is 6.08. The number of carbonyl (C=O) groups is 4. The Morgan fingerprint density at radius 2 is 1.74 bits per heavy atom. The van der Waals surface area contributed by atoms with E-state index in [0.717, 1.165) is 30.7 Å². The Labute approximate surface area is 200 Å². The van der Waals surface area contributed by atoms with Crippen molar-refractivity contribution in [3.05, 3.63) is 35.9 Å². The van der Waals surface area contributed by atoms with Gasteiger partial charge in [-0.05, 0) is 50.0 Å². The topological polar surface area (TPSA) is 102 Å². The summed E-state index contributed by atoms with van der Waals surface area (Å²) in [5, 5.41) is 3.66. The summed E-state index contributed by atoms with van der Waals surface area (Å²) in [6, 6.07) is 9.59. The zero-order chi connectivity index (χ0) is 24.1. The predicted octanol–water partition coefficient (Wildman–Crippen LogP) is 1.69. The average molecular weight is 470 g/mol. The van der Waals surface area contributed by atoms with E-state index in [9.17, 15) is 19.2 Å². The molecule has 2 heterocycles. The number of nitrogens with one attached hydrogen (secondary N) is 2. The quantitative estimate of drug-likeness (QED) is 0.592. The summed E-state index contributed by atoms with van der Waals surface area (Å²) in [5.41, 5.74) is 2.86. The third-order valence-corrected chi connectivity index (χ3v) is 7.32. The predicted molar refractivity (Wildman–Crippen MR) is 126 cm³/mol. The van der Waals surface area contributed by atoms with E-state index >= 15 is 0 Å². The molecule has 0 bridgehead atoms. The SMILES string of the molecule is CC1CCC2(CC1)NC(=O)N(NC(=O)CN1CCN(C(=O)CCCc3ccccc3)CC1)C2=O. The Morgan fingerprint density at radius 3 is 2.41 bits per heavy atom. The number of amides is 5. The fraction of sp³-hybridized carbons (Fsp3) is 0.600. The minimum absolute atomic E-state index is 0.0805. The normalized spacial score (nSPS) is 25.5. The Bertz CT molecular complexity index is 905. The zero-order valence-corrected chi connectivity index (χ0v) is 19.9. The van der Waals surface area contributed by atoms with Gasteiger partial charge < -0.3 is 10.2 Å². The first kappa shape index (κ1) is 24.2. The minimum atomic E-state index is -0.872. The van der Waals surface area contributed by atoms with Crippen LogP contribution in [-0.2, 0) is 20.8 Å². The molecule has 3 fully saturated rings. The Balaban J connectivity index is 1.18. The van der Waals surface area contributed by atoms with E-state index in [1.165, 1.54) is 5.56 Å². The molecule has 2 aliphatic heterocycles. The van der Waals surface area contributed by atoms with Crippen LogP contribution >= 0.6 is 0 Å². The van der Waals surface area contributed by atoms with Crippen LogP contribution in [0.3, 0.4) is 0 Å². The lowest BCUT2D eigenvalue weighted by atomic mass is 9.77. The molecule has 1 spiro atoms. The molecule has 1 aromatic carbocycles. The zero-order valence-electron chi connectivity index (χ0n) is 19.9. The lowest BCUT2D eigenvalue weighted by Gasteiger charge is -2.35. The van der Waals surface area contributed by atoms with Gasteiger partial charge >= 0.3 is 6.03 Å². The van der Waals surface area contributed by atoms with Gasteiger partial charge in [-0.1, -0.05) is 37.3 Å². The summed E-state index contributed by atoms with van der Waals surface area (Å²) in [7, 11) is 0. The van der Waals surface area contributed by atoms with Crippen molar-refractivity contribution in [3.63, 3.8) is 0 Å². The number of benzene rings is 1. The molecule has 1 aromatic rings. The highest BCUT2D eigenvalue weighted by atomic mass is 16.2. The third-order valence-electron chi connectivity index (χ3n) is 7.32. The first-order valence-corrected chi connectivity index (χ1v) is 12.4. The number of hydrazine groups is 1. The smallest absolute Gasteiger partial charge is 0.340 e. The number of piperazine rings is 1. The van der Waals surface area contributed by atoms with Gasteiger partial charge in [-0.15, -0.1) is 0 Å². The molecule has 1 aliphatic carbocycles. The van der Waals surface area contributed by atoms with E-state index < -0.39 is 17.5 Å². The van der Waals surface area contributed by atoms with E-state index in [1.54, 1.807) is 0 Å². The van der Waals surface area contributed by atoms with Crippen molar-refractivity contribution in [3.8, 4) is 0 Å². The monoisotopic (exact) mass is 469 g/mol. The molecule has 0 radical (unpaired) electrons. The van der Waals surface area contributed by atoms with Crippen molar-refractivity contribution >= 4 is 23.8 Å². The first-order chi connectivity index (χ1) is 16.4. The lowest BCUT2D eigenvalue weighted by molar-refractivity contribution is -0.141. The molecule has 0 unspecified atom stereocenters. The Hall–Kier alpha value is -2.94. The molecule has 0 aromatic heterocycles. The fourth-order valence-corrected chi connectivity index (χ4v) is 5.08. The van der Waals surface area contributed by atoms with Crippen LogP contribution in [0.2, 0.25) is 0 Å². The second kappa shape index (κ2) is 10.5. The van der Waals surface area contributed by atoms with Gasteiger partial charge in [-0.3, -0.25) is 24.7 Å². The van der Waals surface area contributed by atoms with E-state index in [4.69, 9.17) is 0 Å². The molecule has 9 heteroatoms. The Kier molecular flexibility index (Phi) is 7.50. The van der Waals surface area contributed by atoms with Gasteiger partial charge in [0.15, 0.2) is 0 Å². The second-order valence-corrected chi connectivity index (χ2v) is 9.87. The standard InChI is InChI=1S/C25H35N5O4/c1-19-10-12-25(13-11-19)23(33)30(24(34)26-25)27-21(31)18-28-14-16-29(17-15-28)22(32)9-5-8-20-6-3-2-4-7-20/h2-4,6-7,19H,5,8-18H2,1H3,(H,26,34)(H,27,31). The van der Waals surface area contributed by atoms with Crippen molar-refractivity contribution in [1.82, 2.24) is 25.6 Å². The van der Waals surface area contributed by atoms with Crippen molar-refractivity contribution in [2.75, 3.05) is 32.7 Å². The van der Waals surface area contributed by atoms with Crippen LogP contribution in [-0.4, -0.2) is 76.8 Å². The van der Waals surface area contributed by atoms with Crippen molar-refractivity contribution < 1.29 is 19.2 Å². The molecular weight excluding hydrogens is 434 g/mol. The number of hydrogen-bond donors (Lipinski definition) is 2. The van der Waals surface area contributed by atoms with E-state index in [-0.39, 0.29) is 18.4 Å². The number of nitrogens with zero attached hydrogens (tertiary/aromatic N) is 3. The highest BCUT2D eigenvalue weighted by Crippen LogP contribution is 2.35.